The first kappa shape index (κ1) is 14.7. The van der Waals surface area contributed by atoms with E-state index in [1.54, 1.807) is 0 Å². The van der Waals surface area contributed by atoms with Crippen LogP contribution >= 0.6 is 7.60 Å². The summed E-state index contributed by atoms with van der Waals surface area (Å²) in [6, 6.07) is 0. The van der Waals surface area contributed by atoms with E-state index in [1.165, 1.54) is 0 Å². The molecule has 0 aliphatic rings. The van der Waals surface area contributed by atoms with Gasteiger partial charge in [0.15, 0.2) is 0 Å². The Morgan fingerprint density at radius 2 is 2.00 bits per heavy atom. The molecule has 0 amide bonds. The van der Waals surface area contributed by atoms with Gasteiger partial charge in [-0.2, -0.15) is 0 Å². The monoisotopic (exact) mass is 209 g/mol. The maximum atomic E-state index is 10.1. The summed E-state index contributed by atoms with van der Waals surface area (Å²) >= 11 is 0. The minimum atomic E-state index is -4.10. The standard InChI is InChI=1S/C3H8NO5P.K.H/c5-3(6)1-4-2-10(7,8)9;;/h4H,1-2H2,(H,5,6)(H2,7,8,9);;/q;+1;-1. The summed E-state index contributed by atoms with van der Waals surface area (Å²) in [7, 11) is -4.10. The van der Waals surface area contributed by atoms with Crippen molar-refractivity contribution >= 4 is 13.6 Å². The average molecular weight is 209 g/mol. The van der Waals surface area contributed by atoms with Crippen LogP contribution < -0.4 is 56.7 Å². The predicted octanol–water partition coefficient (Wildman–Crippen LogP) is -4.09. The van der Waals surface area contributed by atoms with Gasteiger partial charge in [0.25, 0.3) is 0 Å². The molecular weight excluding hydrogens is 200 g/mol. The maximum absolute atomic E-state index is 10.1. The molecule has 0 bridgehead atoms. The van der Waals surface area contributed by atoms with Crippen molar-refractivity contribution in [2.45, 2.75) is 0 Å². The van der Waals surface area contributed by atoms with Crippen LogP contribution in [-0.4, -0.2) is 33.7 Å². The Hall–Kier alpha value is 1.22. The van der Waals surface area contributed by atoms with Crippen molar-refractivity contribution in [3.8, 4) is 0 Å². The molecule has 6 nitrogen and oxygen atoms in total. The molecule has 0 radical (unpaired) electrons. The van der Waals surface area contributed by atoms with Crippen LogP contribution in [0.15, 0.2) is 0 Å². The molecule has 0 saturated carbocycles. The number of carbonyl (C=O) groups is 1. The molecule has 0 aliphatic carbocycles. The van der Waals surface area contributed by atoms with E-state index >= 15 is 0 Å². The number of rotatable bonds is 4. The first-order chi connectivity index (χ1) is 4.42. The van der Waals surface area contributed by atoms with Crippen molar-refractivity contribution in [3.63, 3.8) is 0 Å². The third-order valence-electron chi connectivity index (χ3n) is 0.594. The molecule has 0 rings (SSSR count). The average Bonchev–Trinajstić information content (AvgIpc) is 1.59. The number of aliphatic carboxylic acids is 1. The molecule has 0 aromatic heterocycles. The van der Waals surface area contributed by atoms with Crippen molar-refractivity contribution in [1.82, 2.24) is 5.32 Å². The second-order valence-electron chi connectivity index (χ2n) is 1.64. The Morgan fingerprint density at radius 3 is 2.27 bits per heavy atom. The number of carboxylic acid groups (broad SMARTS) is 1. The van der Waals surface area contributed by atoms with Gasteiger partial charge in [0.2, 0.25) is 0 Å². The molecule has 0 aromatic rings. The Kier molecular flexibility index (Phi) is 8.97. The fraction of sp³-hybridized carbons (Fsp3) is 0.667. The van der Waals surface area contributed by atoms with Crippen molar-refractivity contribution < 1.29 is 77.1 Å². The van der Waals surface area contributed by atoms with Gasteiger partial charge in [0.1, 0.15) is 0 Å². The number of nitrogens with one attached hydrogen (secondary N) is 1. The van der Waals surface area contributed by atoms with Gasteiger partial charge < -0.3 is 16.3 Å². The van der Waals surface area contributed by atoms with Crippen LogP contribution in [0.5, 0.6) is 0 Å². The number of carboxylic acids is 1. The third kappa shape index (κ3) is 14.1. The summed E-state index contributed by atoms with van der Waals surface area (Å²) in [4.78, 5) is 26.1. The van der Waals surface area contributed by atoms with Gasteiger partial charge in [-0.1, -0.05) is 0 Å². The van der Waals surface area contributed by atoms with Gasteiger partial charge in [-0.15, -0.1) is 0 Å². The van der Waals surface area contributed by atoms with Crippen molar-refractivity contribution in [3.05, 3.63) is 0 Å². The molecule has 11 heavy (non-hydrogen) atoms. The summed E-state index contributed by atoms with van der Waals surface area (Å²) in [5.74, 6) is -1.14. The molecule has 62 valence electrons. The third-order valence-corrected chi connectivity index (χ3v) is 1.23. The molecule has 0 aromatic carbocycles. The van der Waals surface area contributed by atoms with Crippen LogP contribution in [0.25, 0.3) is 0 Å². The Labute approximate surface area is 107 Å². The van der Waals surface area contributed by atoms with Gasteiger partial charge in [-0.05, 0) is 0 Å². The van der Waals surface area contributed by atoms with Crippen molar-refractivity contribution in [2.75, 3.05) is 12.8 Å². The first-order valence-electron chi connectivity index (χ1n) is 2.39. The summed E-state index contributed by atoms with van der Waals surface area (Å²) in [6.07, 6.45) is -0.598. The van der Waals surface area contributed by atoms with E-state index in [0.717, 1.165) is 0 Å². The Bertz CT molecular complexity index is 172. The van der Waals surface area contributed by atoms with Crippen molar-refractivity contribution in [2.24, 2.45) is 0 Å². The van der Waals surface area contributed by atoms with Crippen LogP contribution in [0.4, 0.5) is 0 Å². The van der Waals surface area contributed by atoms with Gasteiger partial charge in [-0.25, -0.2) is 0 Å². The van der Waals surface area contributed by atoms with E-state index in [1.807, 2.05) is 0 Å². The van der Waals surface area contributed by atoms with Gasteiger partial charge in [0.05, 0.1) is 12.8 Å². The molecule has 0 saturated heterocycles. The van der Waals surface area contributed by atoms with Crippen LogP contribution in [0.3, 0.4) is 0 Å². The normalized spacial score (nSPS) is 10.4. The topological polar surface area (TPSA) is 107 Å². The molecule has 4 N–H and O–H groups in total. The molecule has 0 atom stereocenters. The van der Waals surface area contributed by atoms with Crippen LogP contribution in [0.2, 0.25) is 0 Å². The smallest absolute Gasteiger partial charge is 1.00 e. The maximum Gasteiger partial charge on any atom is 1.00 e. The van der Waals surface area contributed by atoms with E-state index in [2.05, 4.69) is 5.32 Å². The number of hydrogen-bond acceptors (Lipinski definition) is 3. The second-order valence-corrected chi connectivity index (χ2v) is 3.29. The zero-order valence-electron chi connectivity index (χ0n) is 7.02. The molecule has 0 fully saturated rings. The second kappa shape index (κ2) is 6.70. The Morgan fingerprint density at radius 1 is 1.55 bits per heavy atom. The molecular formula is C3H9KNO5P. The van der Waals surface area contributed by atoms with Crippen LogP contribution in [0.1, 0.15) is 1.43 Å². The van der Waals surface area contributed by atoms with E-state index in [0.29, 0.717) is 0 Å². The zero-order valence-corrected chi connectivity index (χ0v) is 10.0. The molecule has 0 spiro atoms. The van der Waals surface area contributed by atoms with Crippen LogP contribution in [0, 0.1) is 0 Å². The SMILES string of the molecule is O=C(O)CNCP(=O)(O)O.[H-].[K+]. The minimum absolute atomic E-state index is 0. The van der Waals surface area contributed by atoms with Crippen LogP contribution in [-0.2, 0) is 9.36 Å². The minimum Gasteiger partial charge on any atom is -1.00 e. The van der Waals surface area contributed by atoms with E-state index in [4.69, 9.17) is 14.9 Å². The summed E-state index contributed by atoms with van der Waals surface area (Å²) in [5, 5.41) is 10.1. The fourth-order valence-corrected chi connectivity index (χ4v) is 0.712. The molecule has 0 aliphatic heterocycles. The van der Waals surface area contributed by atoms with E-state index in [9.17, 15) is 9.36 Å². The first-order valence-corrected chi connectivity index (χ1v) is 4.18. The predicted molar refractivity (Wildman–Crippen MR) is 33.7 cm³/mol. The summed E-state index contributed by atoms with van der Waals surface area (Å²) in [6.45, 7) is -0.439. The Balaban J connectivity index is -0.000000405. The van der Waals surface area contributed by atoms with Gasteiger partial charge >= 0.3 is 64.9 Å². The fourth-order valence-electron chi connectivity index (χ4n) is 0.308. The van der Waals surface area contributed by atoms with Crippen molar-refractivity contribution in [1.29, 1.82) is 0 Å². The van der Waals surface area contributed by atoms with E-state index in [-0.39, 0.29) is 52.8 Å². The van der Waals surface area contributed by atoms with E-state index < -0.39 is 26.4 Å². The summed E-state index contributed by atoms with van der Waals surface area (Å²) in [5.41, 5.74) is 0. The molecule has 0 unspecified atom stereocenters. The largest absolute Gasteiger partial charge is 1.00 e. The molecule has 8 heteroatoms. The zero-order chi connectivity index (χ0) is 8.20. The quantitative estimate of drug-likeness (QED) is 0.277. The number of hydrogen-bond donors (Lipinski definition) is 4. The molecule has 0 heterocycles. The van der Waals surface area contributed by atoms with Gasteiger partial charge in [0, 0.05) is 0 Å². The summed E-state index contributed by atoms with van der Waals surface area (Å²) < 4.78 is 10.1. The van der Waals surface area contributed by atoms with Gasteiger partial charge in [-0.3, -0.25) is 14.7 Å².